The normalized spacial score (nSPS) is 11.0. The third-order valence-electron chi connectivity index (χ3n) is 3.16. The fourth-order valence-electron chi connectivity index (χ4n) is 1.98. The van der Waals surface area contributed by atoms with Crippen LogP contribution in [-0.2, 0) is 4.79 Å². The number of amides is 1. The lowest BCUT2D eigenvalue weighted by Gasteiger charge is -2.08. The van der Waals surface area contributed by atoms with Crippen LogP contribution in [0.3, 0.4) is 0 Å². The van der Waals surface area contributed by atoms with Crippen molar-refractivity contribution < 1.29 is 14.7 Å². The molecule has 0 atom stereocenters. The van der Waals surface area contributed by atoms with Crippen LogP contribution in [0.15, 0.2) is 47.6 Å². The monoisotopic (exact) mass is 345 g/mol. The summed E-state index contributed by atoms with van der Waals surface area (Å²) in [7, 11) is 0. The third kappa shape index (κ3) is 4.57. The number of hydrogen-bond acceptors (Lipinski definition) is 4. The Kier molecular flexibility index (Phi) is 5.55. The number of halogens is 1. The van der Waals surface area contributed by atoms with Crippen molar-refractivity contribution in [3.05, 3.63) is 58.6 Å². The molecule has 0 aliphatic carbocycles. The van der Waals surface area contributed by atoms with Gasteiger partial charge in [0.1, 0.15) is 0 Å². The summed E-state index contributed by atoms with van der Waals surface area (Å²) in [6, 6.07) is 11.5. The Bertz CT molecular complexity index is 818. The molecule has 6 nitrogen and oxygen atoms in total. The molecule has 0 spiro atoms. The summed E-state index contributed by atoms with van der Waals surface area (Å²) in [5, 5.41) is 16.3. The zero-order valence-electron chi connectivity index (χ0n) is 13.1. The number of benzene rings is 2. The van der Waals surface area contributed by atoms with E-state index >= 15 is 0 Å². The molecule has 0 heterocycles. The van der Waals surface area contributed by atoms with Crippen molar-refractivity contribution in [2.24, 2.45) is 5.10 Å². The lowest BCUT2D eigenvalue weighted by molar-refractivity contribution is -0.114. The fourth-order valence-corrected chi connectivity index (χ4v) is 2.14. The lowest BCUT2D eigenvalue weighted by Crippen LogP contribution is -2.07. The molecule has 2 aromatic carbocycles. The van der Waals surface area contributed by atoms with E-state index < -0.39 is 5.97 Å². The molecule has 0 bridgehead atoms. The van der Waals surface area contributed by atoms with Gasteiger partial charge in [0.25, 0.3) is 0 Å². The predicted molar refractivity (Wildman–Crippen MR) is 95.0 cm³/mol. The Morgan fingerprint density at radius 1 is 1.08 bits per heavy atom. The number of carboxylic acids is 1. The van der Waals surface area contributed by atoms with Gasteiger partial charge in [-0.25, -0.2) is 4.79 Å². The van der Waals surface area contributed by atoms with Gasteiger partial charge in [-0.15, -0.1) is 0 Å². The van der Waals surface area contributed by atoms with E-state index in [9.17, 15) is 9.59 Å². The van der Waals surface area contributed by atoms with Gasteiger partial charge in [0.2, 0.25) is 5.91 Å². The topological polar surface area (TPSA) is 90.8 Å². The van der Waals surface area contributed by atoms with Gasteiger partial charge < -0.3 is 10.4 Å². The summed E-state index contributed by atoms with van der Waals surface area (Å²) in [5.74, 6) is -1.20. The number of hydrogen-bond donors (Lipinski definition) is 3. The molecule has 2 rings (SSSR count). The van der Waals surface area contributed by atoms with Crippen molar-refractivity contribution in [1.29, 1.82) is 0 Å². The number of carbonyl (C=O) groups is 2. The number of anilines is 2. The van der Waals surface area contributed by atoms with Gasteiger partial charge in [0.15, 0.2) is 0 Å². The van der Waals surface area contributed by atoms with Crippen LogP contribution in [0.4, 0.5) is 11.4 Å². The molecule has 0 unspecified atom stereocenters. The van der Waals surface area contributed by atoms with E-state index in [1.165, 1.54) is 25.1 Å². The second kappa shape index (κ2) is 7.61. The molecule has 7 heteroatoms. The first-order valence-corrected chi connectivity index (χ1v) is 7.46. The molecule has 124 valence electrons. The SMILES string of the molecule is CC(=O)Nc1cccc(/C(C)=N\Nc2cc(C(=O)O)ccc2Cl)c1. The van der Waals surface area contributed by atoms with Crippen LogP contribution in [-0.4, -0.2) is 22.7 Å². The van der Waals surface area contributed by atoms with E-state index in [1.54, 1.807) is 25.1 Å². The highest BCUT2D eigenvalue weighted by Gasteiger charge is 2.07. The molecule has 0 saturated heterocycles. The Labute approximate surface area is 144 Å². The third-order valence-corrected chi connectivity index (χ3v) is 3.49. The first kappa shape index (κ1) is 17.5. The van der Waals surface area contributed by atoms with Crippen molar-refractivity contribution in [3.63, 3.8) is 0 Å². The number of rotatable bonds is 5. The highest BCUT2D eigenvalue weighted by atomic mass is 35.5. The number of carbonyl (C=O) groups excluding carboxylic acids is 1. The summed E-state index contributed by atoms with van der Waals surface area (Å²) in [5.41, 5.74) is 5.41. The van der Waals surface area contributed by atoms with E-state index in [0.29, 0.717) is 22.1 Å². The molecule has 0 radical (unpaired) electrons. The Hall–Kier alpha value is -2.86. The van der Waals surface area contributed by atoms with Crippen molar-refractivity contribution >= 4 is 40.6 Å². The number of hydrazone groups is 1. The highest BCUT2D eigenvalue weighted by Crippen LogP contribution is 2.23. The Balaban J connectivity index is 2.21. The van der Waals surface area contributed by atoms with Crippen molar-refractivity contribution in [1.82, 2.24) is 0 Å². The van der Waals surface area contributed by atoms with Gasteiger partial charge in [0, 0.05) is 12.6 Å². The predicted octanol–water partition coefficient (Wildman–Crippen LogP) is 3.83. The maximum atomic E-state index is 11.1. The summed E-state index contributed by atoms with van der Waals surface area (Å²) < 4.78 is 0. The lowest BCUT2D eigenvalue weighted by atomic mass is 10.1. The van der Waals surface area contributed by atoms with Gasteiger partial charge in [0.05, 0.1) is 22.0 Å². The smallest absolute Gasteiger partial charge is 0.335 e. The highest BCUT2D eigenvalue weighted by molar-refractivity contribution is 6.33. The molecule has 24 heavy (non-hydrogen) atoms. The largest absolute Gasteiger partial charge is 0.478 e. The van der Waals surface area contributed by atoms with E-state index in [4.69, 9.17) is 16.7 Å². The summed E-state index contributed by atoms with van der Waals surface area (Å²) >= 11 is 6.04. The van der Waals surface area contributed by atoms with Gasteiger partial charge in [-0.2, -0.15) is 5.10 Å². The van der Waals surface area contributed by atoms with Crippen LogP contribution < -0.4 is 10.7 Å². The maximum absolute atomic E-state index is 11.1. The maximum Gasteiger partial charge on any atom is 0.335 e. The van der Waals surface area contributed by atoms with E-state index in [2.05, 4.69) is 15.8 Å². The first-order chi connectivity index (χ1) is 11.4. The van der Waals surface area contributed by atoms with E-state index in [0.717, 1.165) is 5.56 Å². The number of nitrogens with zero attached hydrogens (tertiary/aromatic N) is 1. The average molecular weight is 346 g/mol. The molecule has 0 aliphatic heterocycles. The second-order valence-electron chi connectivity index (χ2n) is 5.07. The van der Waals surface area contributed by atoms with Crippen LogP contribution in [0.1, 0.15) is 29.8 Å². The van der Waals surface area contributed by atoms with E-state index in [-0.39, 0.29) is 11.5 Å². The zero-order valence-corrected chi connectivity index (χ0v) is 13.9. The summed E-state index contributed by atoms with van der Waals surface area (Å²) in [6.07, 6.45) is 0. The summed E-state index contributed by atoms with van der Waals surface area (Å²) in [4.78, 5) is 22.1. The molecule has 2 aromatic rings. The van der Waals surface area contributed by atoms with Crippen LogP contribution in [0.5, 0.6) is 0 Å². The molecule has 0 fully saturated rings. The van der Waals surface area contributed by atoms with Crippen LogP contribution in [0, 0.1) is 0 Å². The van der Waals surface area contributed by atoms with Crippen molar-refractivity contribution in [2.45, 2.75) is 13.8 Å². The number of aromatic carboxylic acids is 1. The minimum absolute atomic E-state index is 0.113. The van der Waals surface area contributed by atoms with Crippen molar-refractivity contribution in [2.75, 3.05) is 10.7 Å². The molecular formula is C17H16ClN3O3. The molecule has 1 amide bonds. The van der Waals surface area contributed by atoms with Crippen molar-refractivity contribution in [3.8, 4) is 0 Å². The zero-order chi connectivity index (χ0) is 17.7. The van der Waals surface area contributed by atoms with Crippen LogP contribution in [0.25, 0.3) is 0 Å². The van der Waals surface area contributed by atoms with Gasteiger partial charge >= 0.3 is 5.97 Å². The number of carboxylic acid groups (broad SMARTS) is 1. The fraction of sp³-hybridized carbons (Fsp3) is 0.118. The van der Waals surface area contributed by atoms with Crippen LogP contribution in [0.2, 0.25) is 5.02 Å². The van der Waals surface area contributed by atoms with Crippen LogP contribution >= 0.6 is 11.6 Å². The number of nitrogens with one attached hydrogen (secondary N) is 2. The minimum atomic E-state index is -1.04. The van der Waals surface area contributed by atoms with Gasteiger partial charge in [-0.1, -0.05) is 23.7 Å². The standard InChI is InChI=1S/C17H16ClN3O3/c1-10(12-4-3-5-14(8-12)19-11(2)22)20-21-16-9-13(17(23)24)6-7-15(16)18/h3-9,21H,1-2H3,(H,19,22)(H,23,24)/b20-10-. The minimum Gasteiger partial charge on any atom is -0.478 e. The van der Waals surface area contributed by atoms with E-state index in [1.807, 2.05) is 6.07 Å². The molecule has 3 N–H and O–H groups in total. The van der Waals surface area contributed by atoms with Gasteiger partial charge in [-0.3, -0.25) is 10.2 Å². The quantitative estimate of drug-likeness (QED) is 0.567. The molecule has 0 aliphatic rings. The molecule has 0 aromatic heterocycles. The van der Waals surface area contributed by atoms with Gasteiger partial charge in [-0.05, 0) is 42.8 Å². The Morgan fingerprint density at radius 3 is 2.50 bits per heavy atom. The summed E-state index contributed by atoms with van der Waals surface area (Å²) in [6.45, 7) is 3.22. The first-order valence-electron chi connectivity index (χ1n) is 7.08. The Morgan fingerprint density at radius 2 is 1.83 bits per heavy atom. The average Bonchev–Trinajstić information content (AvgIpc) is 2.53. The second-order valence-corrected chi connectivity index (χ2v) is 5.48. The molecule has 0 saturated carbocycles. The molecular weight excluding hydrogens is 330 g/mol.